The Morgan fingerprint density at radius 3 is 2.47 bits per heavy atom. The molecule has 0 saturated heterocycles. The Balaban J connectivity index is 1.93. The van der Waals surface area contributed by atoms with Crippen molar-refractivity contribution < 1.29 is 28.7 Å². The SMILES string of the molecule is CC(=O)N1C(=O)C(CC#N)(OC(=O)CCCCCNC(=O)OC(C)(C)C)c2ccccc21. The van der Waals surface area contributed by atoms with Gasteiger partial charge in [-0.25, -0.2) is 9.69 Å². The van der Waals surface area contributed by atoms with Crippen LogP contribution in [0.5, 0.6) is 0 Å². The number of carbonyl (C=O) groups is 4. The number of unbranched alkanes of at least 4 members (excludes halogenated alkanes) is 2. The van der Waals surface area contributed by atoms with Crippen LogP contribution >= 0.6 is 0 Å². The predicted octanol–water partition coefficient (Wildman–Crippen LogP) is 3.32. The first-order valence-corrected chi connectivity index (χ1v) is 10.5. The quantitative estimate of drug-likeness (QED) is 0.482. The fourth-order valence-electron chi connectivity index (χ4n) is 3.47. The molecule has 0 spiro atoms. The molecule has 9 heteroatoms. The number of ether oxygens (including phenoxy) is 2. The number of esters is 1. The summed E-state index contributed by atoms with van der Waals surface area (Å²) >= 11 is 0. The third-order valence-corrected chi connectivity index (χ3v) is 4.79. The lowest BCUT2D eigenvalue weighted by Gasteiger charge is -2.26. The minimum Gasteiger partial charge on any atom is -0.444 e. The van der Waals surface area contributed by atoms with Gasteiger partial charge in [0, 0.05) is 25.5 Å². The molecular weight excluding hydrogens is 414 g/mol. The number of nitrogens with one attached hydrogen (secondary N) is 1. The summed E-state index contributed by atoms with van der Waals surface area (Å²) in [6.07, 6.45) is 0.899. The van der Waals surface area contributed by atoms with Gasteiger partial charge in [0.15, 0.2) is 0 Å². The summed E-state index contributed by atoms with van der Waals surface area (Å²) < 4.78 is 10.7. The molecule has 2 rings (SSSR count). The van der Waals surface area contributed by atoms with Crippen LogP contribution < -0.4 is 10.2 Å². The maximum atomic E-state index is 13.1. The monoisotopic (exact) mass is 443 g/mol. The smallest absolute Gasteiger partial charge is 0.407 e. The van der Waals surface area contributed by atoms with Crippen molar-refractivity contribution in [2.24, 2.45) is 0 Å². The van der Waals surface area contributed by atoms with Crippen molar-refractivity contribution in [3.8, 4) is 6.07 Å². The average molecular weight is 444 g/mol. The topological polar surface area (TPSA) is 126 Å². The number of hydrogen-bond acceptors (Lipinski definition) is 7. The highest BCUT2D eigenvalue weighted by molar-refractivity contribution is 6.22. The van der Waals surface area contributed by atoms with Crippen LogP contribution in [0.4, 0.5) is 10.5 Å². The Morgan fingerprint density at radius 1 is 1.16 bits per heavy atom. The molecule has 1 N–H and O–H groups in total. The summed E-state index contributed by atoms with van der Waals surface area (Å²) in [4.78, 5) is 50.2. The molecule has 1 unspecified atom stereocenters. The zero-order chi connectivity index (χ0) is 23.9. The molecule has 1 aliphatic rings. The molecule has 0 radical (unpaired) electrons. The number of imide groups is 1. The first-order valence-electron chi connectivity index (χ1n) is 10.5. The fourth-order valence-corrected chi connectivity index (χ4v) is 3.47. The van der Waals surface area contributed by atoms with Crippen molar-refractivity contribution in [3.05, 3.63) is 29.8 Å². The van der Waals surface area contributed by atoms with Gasteiger partial charge in [-0.2, -0.15) is 5.26 Å². The molecule has 1 heterocycles. The molecule has 3 amide bonds. The van der Waals surface area contributed by atoms with Gasteiger partial charge in [-0.1, -0.05) is 24.6 Å². The summed E-state index contributed by atoms with van der Waals surface area (Å²) in [6.45, 7) is 6.98. The fraction of sp³-hybridized carbons (Fsp3) is 0.522. The van der Waals surface area contributed by atoms with Gasteiger partial charge in [0.1, 0.15) is 5.60 Å². The molecule has 0 saturated carbocycles. The lowest BCUT2D eigenvalue weighted by Crippen LogP contribution is -2.45. The maximum absolute atomic E-state index is 13.1. The summed E-state index contributed by atoms with van der Waals surface area (Å²) in [5.74, 6) is -1.88. The molecule has 9 nitrogen and oxygen atoms in total. The highest BCUT2D eigenvalue weighted by Gasteiger charge is 2.55. The molecule has 1 atom stereocenters. The zero-order valence-electron chi connectivity index (χ0n) is 18.9. The van der Waals surface area contributed by atoms with Crippen LogP contribution in [0.3, 0.4) is 0 Å². The Kier molecular flexibility index (Phi) is 7.97. The number of carbonyl (C=O) groups excluding carboxylic acids is 4. The van der Waals surface area contributed by atoms with E-state index in [-0.39, 0.29) is 6.42 Å². The van der Waals surface area contributed by atoms with Gasteiger partial charge in [0.05, 0.1) is 18.2 Å². The summed E-state index contributed by atoms with van der Waals surface area (Å²) in [5.41, 5.74) is -1.74. The van der Waals surface area contributed by atoms with Crippen molar-refractivity contribution in [3.63, 3.8) is 0 Å². The molecule has 1 aliphatic heterocycles. The normalized spacial score (nSPS) is 17.3. The minimum atomic E-state index is -1.83. The molecule has 1 aromatic rings. The van der Waals surface area contributed by atoms with E-state index < -0.39 is 41.5 Å². The molecule has 172 valence electrons. The third-order valence-electron chi connectivity index (χ3n) is 4.79. The van der Waals surface area contributed by atoms with Gasteiger partial charge in [-0.3, -0.25) is 14.4 Å². The van der Waals surface area contributed by atoms with Crippen molar-refractivity contribution in [2.75, 3.05) is 11.4 Å². The van der Waals surface area contributed by atoms with Crippen LogP contribution in [0.2, 0.25) is 0 Å². The van der Waals surface area contributed by atoms with E-state index in [0.717, 1.165) is 4.90 Å². The molecule has 1 aromatic carbocycles. The van der Waals surface area contributed by atoms with Crippen molar-refractivity contribution in [1.82, 2.24) is 5.32 Å². The van der Waals surface area contributed by atoms with E-state index in [9.17, 15) is 24.4 Å². The number of alkyl carbamates (subject to hydrolysis) is 1. The highest BCUT2D eigenvalue weighted by Crippen LogP contribution is 2.45. The number of nitrogens with zero attached hydrogens (tertiary/aromatic N) is 2. The second-order valence-electron chi connectivity index (χ2n) is 8.55. The number of amides is 3. The van der Waals surface area contributed by atoms with Gasteiger partial charge < -0.3 is 14.8 Å². The summed E-state index contributed by atoms with van der Waals surface area (Å²) in [5, 5.41) is 12.0. The van der Waals surface area contributed by atoms with Gasteiger partial charge in [-0.05, 0) is 39.7 Å². The molecule has 32 heavy (non-hydrogen) atoms. The molecule has 0 fully saturated rings. The van der Waals surface area contributed by atoms with Gasteiger partial charge >= 0.3 is 12.1 Å². The maximum Gasteiger partial charge on any atom is 0.407 e. The van der Waals surface area contributed by atoms with E-state index in [0.29, 0.717) is 37.1 Å². The van der Waals surface area contributed by atoms with Crippen LogP contribution in [0, 0.1) is 11.3 Å². The van der Waals surface area contributed by atoms with Crippen molar-refractivity contribution in [2.45, 2.75) is 71.0 Å². The van der Waals surface area contributed by atoms with Crippen LogP contribution in [0.15, 0.2) is 24.3 Å². The second kappa shape index (κ2) is 10.3. The van der Waals surface area contributed by atoms with Gasteiger partial charge in [0.2, 0.25) is 11.5 Å². The van der Waals surface area contributed by atoms with Crippen LogP contribution in [0.1, 0.15) is 65.4 Å². The Morgan fingerprint density at radius 2 is 1.84 bits per heavy atom. The van der Waals surface area contributed by atoms with E-state index in [1.165, 1.54) is 6.92 Å². The van der Waals surface area contributed by atoms with Crippen LogP contribution in [-0.2, 0) is 29.5 Å². The number of nitriles is 1. The van der Waals surface area contributed by atoms with E-state index in [2.05, 4.69) is 5.32 Å². The molecule has 0 aliphatic carbocycles. The Hall–Kier alpha value is -3.41. The van der Waals surface area contributed by atoms with Gasteiger partial charge in [0.25, 0.3) is 5.91 Å². The minimum absolute atomic E-state index is 0.0368. The van der Waals surface area contributed by atoms with Crippen LogP contribution in [-0.4, -0.2) is 36.0 Å². The molecule has 0 bridgehead atoms. The van der Waals surface area contributed by atoms with E-state index >= 15 is 0 Å². The predicted molar refractivity (Wildman–Crippen MR) is 115 cm³/mol. The first-order chi connectivity index (χ1) is 15.0. The van der Waals surface area contributed by atoms with E-state index in [1.807, 2.05) is 6.07 Å². The highest BCUT2D eigenvalue weighted by atomic mass is 16.6. The first kappa shape index (κ1) is 24.9. The number of benzene rings is 1. The van der Waals surface area contributed by atoms with Crippen molar-refractivity contribution >= 4 is 29.6 Å². The molecule has 0 aromatic heterocycles. The van der Waals surface area contributed by atoms with E-state index in [1.54, 1.807) is 45.0 Å². The number of para-hydroxylation sites is 1. The lowest BCUT2D eigenvalue weighted by molar-refractivity contribution is -0.168. The van der Waals surface area contributed by atoms with Crippen LogP contribution in [0.25, 0.3) is 0 Å². The Bertz CT molecular complexity index is 930. The summed E-state index contributed by atoms with van der Waals surface area (Å²) in [7, 11) is 0. The number of anilines is 1. The number of hydrogen-bond donors (Lipinski definition) is 1. The second-order valence-corrected chi connectivity index (χ2v) is 8.55. The average Bonchev–Trinajstić information content (AvgIpc) is 2.92. The zero-order valence-corrected chi connectivity index (χ0v) is 18.9. The largest absolute Gasteiger partial charge is 0.444 e. The number of rotatable bonds is 8. The number of fused-ring (bicyclic) bond motifs is 1. The summed E-state index contributed by atoms with van der Waals surface area (Å²) in [6, 6.07) is 8.40. The Labute approximate surface area is 187 Å². The van der Waals surface area contributed by atoms with Crippen molar-refractivity contribution in [1.29, 1.82) is 5.26 Å². The standard InChI is InChI=1S/C23H29N3O6/c1-16(27)26-18-11-8-7-10-17(18)23(13-14-24,20(26)29)31-19(28)12-6-5-9-15-25-21(30)32-22(2,3)4/h7-8,10-11H,5-6,9,12-13,15H2,1-4H3,(H,25,30). The molecular formula is C23H29N3O6. The van der Waals surface area contributed by atoms with E-state index in [4.69, 9.17) is 9.47 Å². The lowest BCUT2D eigenvalue weighted by atomic mass is 9.92. The van der Waals surface area contributed by atoms with Gasteiger partial charge in [-0.15, -0.1) is 0 Å². The third kappa shape index (κ3) is 5.84.